The summed E-state index contributed by atoms with van der Waals surface area (Å²) in [7, 11) is -0.0478. The molecule has 3 rings (SSSR count). The minimum Gasteiger partial charge on any atom is -0.487 e. The molecule has 0 saturated heterocycles. The summed E-state index contributed by atoms with van der Waals surface area (Å²) in [5.74, 6) is 5.36. The molecule has 0 radical (unpaired) electrons. The zero-order valence-electron chi connectivity index (χ0n) is 18.7. The average Bonchev–Trinajstić information content (AvgIpc) is 2.74. The molecule has 32 heavy (non-hydrogen) atoms. The van der Waals surface area contributed by atoms with E-state index in [-0.39, 0.29) is 41.4 Å². The summed E-state index contributed by atoms with van der Waals surface area (Å²) < 4.78 is 48.3. The lowest BCUT2D eigenvalue weighted by Gasteiger charge is -2.37. The maximum atomic E-state index is 13.9. The van der Waals surface area contributed by atoms with E-state index >= 15 is 0 Å². The molecule has 1 heterocycles. The quantitative estimate of drug-likeness (QED) is 0.711. The fourth-order valence-electron chi connectivity index (χ4n) is 3.58. The highest BCUT2D eigenvalue weighted by molar-refractivity contribution is 7.89. The summed E-state index contributed by atoms with van der Waals surface area (Å²) in [5, 5.41) is 9.68. The van der Waals surface area contributed by atoms with Gasteiger partial charge in [-0.2, -0.15) is 4.31 Å². The first kappa shape index (κ1) is 24.2. The van der Waals surface area contributed by atoms with Gasteiger partial charge in [0, 0.05) is 30.6 Å². The number of rotatable bonds is 4. The number of benzene rings is 2. The number of likely N-dealkylation sites (N-methyl/N-ethyl adjacent to an activating group) is 1. The Balaban J connectivity index is 2.09. The van der Waals surface area contributed by atoms with Crippen molar-refractivity contribution in [2.45, 2.75) is 30.9 Å². The molecule has 0 fully saturated rings. The molecule has 6 nitrogen and oxygen atoms in total. The van der Waals surface area contributed by atoms with Crippen molar-refractivity contribution in [3.05, 3.63) is 59.4 Å². The Morgan fingerprint density at radius 3 is 2.62 bits per heavy atom. The third-order valence-corrected chi connectivity index (χ3v) is 7.45. The van der Waals surface area contributed by atoms with Crippen molar-refractivity contribution < 1.29 is 22.7 Å². The molecule has 2 aromatic carbocycles. The number of hydrogen-bond donors (Lipinski definition) is 1. The first-order chi connectivity index (χ1) is 15.1. The molecule has 1 aliphatic rings. The molecule has 3 atom stereocenters. The van der Waals surface area contributed by atoms with Gasteiger partial charge in [0.2, 0.25) is 10.0 Å². The van der Waals surface area contributed by atoms with Crippen molar-refractivity contribution >= 4 is 10.0 Å². The topological polar surface area (TPSA) is 70.1 Å². The van der Waals surface area contributed by atoms with Crippen LogP contribution in [0.3, 0.4) is 0 Å². The molecule has 0 amide bonds. The van der Waals surface area contributed by atoms with E-state index in [1.807, 2.05) is 25.9 Å². The van der Waals surface area contributed by atoms with Gasteiger partial charge in [0.15, 0.2) is 0 Å². The maximum Gasteiger partial charge on any atom is 0.247 e. The lowest BCUT2D eigenvalue weighted by molar-refractivity contribution is 0.0812. The van der Waals surface area contributed by atoms with Crippen LogP contribution in [0.4, 0.5) is 4.39 Å². The summed E-state index contributed by atoms with van der Waals surface area (Å²) >= 11 is 0. The molecule has 0 aromatic heterocycles. The van der Waals surface area contributed by atoms with E-state index < -0.39 is 21.9 Å². The van der Waals surface area contributed by atoms with Gasteiger partial charge in [-0.3, -0.25) is 0 Å². The smallest absolute Gasteiger partial charge is 0.247 e. The van der Waals surface area contributed by atoms with Crippen LogP contribution in [0.25, 0.3) is 0 Å². The molecule has 0 unspecified atom stereocenters. The fourth-order valence-corrected chi connectivity index (χ4v) is 5.41. The summed E-state index contributed by atoms with van der Waals surface area (Å²) in [6.45, 7) is 4.16. The van der Waals surface area contributed by atoms with Crippen LogP contribution in [0.1, 0.15) is 25.0 Å². The van der Waals surface area contributed by atoms with E-state index in [2.05, 4.69) is 11.8 Å². The zero-order chi connectivity index (χ0) is 23.5. The van der Waals surface area contributed by atoms with Crippen molar-refractivity contribution in [3.8, 4) is 17.6 Å². The highest BCUT2D eigenvalue weighted by Crippen LogP contribution is 2.34. The molecule has 0 bridgehead atoms. The van der Waals surface area contributed by atoms with E-state index in [1.165, 1.54) is 16.4 Å². The van der Waals surface area contributed by atoms with Gasteiger partial charge in [0.05, 0.1) is 12.2 Å². The second-order valence-corrected chi connectivity index (χ2v) is 10.3. The second-order valence-electron chi connectivity index (χ2n) is 8.39. The monoisotopic (exact) mass is 460 g/mol. The molecule has 8 heteroatoms. The van der Waals surface area contributed by atoms with Gasteiger partial charge in [0.1, 0.15) is 22.6 Å². The van der Waals surface area contributed by atoms with E-state index in [4.69, 9.17) is 4.74 Å². The molecular weight excluding hydrogens is 431 g/mol. The Kier molecular flexibility index (Phi) is 7.57. The Labute approximate surface area is 189 Å². The molecule has 1 N–H and O–H groups in total. The molecular formula is C24H29FN2O4S. The number of nitrogens with zero attached hydrogens (tertiary/aromatic N) is 2. The zero-order valence-corrected chi connectivity index (χ0v) is 19.6. The van der Waals surface area contributed by atoms with Crippen LogP contribution >= 0.6 is 0 Å². The number of aliphatic hydroxyl groups excluding tert-OH is 1. The maximum absolute atomic E-state index is 13.9. The lowest BCUT2D eigenvalue weighted by atomic mass is 10.0. The normalized spacial score (nSPS) is 21.5. The first-order valence-corrected chi connectivity index (χ1v) is 11.9. The Morgan fingerprint density at radius 1 is 1.25 bits per heavy atom. The fraction of sp³-hybridized carbons (Fsp3) is 0.417. The predicted octanol–water partition coefficient (Wildman–Crippen LogP) is 2.56. The van der Waals surface area contributed by atoms with Crippen LogP contribution in [0, 0.1) is 23.6 Å². The minimum atomic E-state index is -3.90. The minimum absolute atomic E-state index is 0.0323. The van der Waals surface area contributed by atoms with Crippen molar-refractivity contribution in [1.82, 2.24) is 9.21 Å². The number of sulfonamides is 1. The number of hydrogen-bond acceptors (Lipinski definition) is 5. The van der Waals surface area contributed by atoms with E-state index in [1.54, 1.807) is 37.3 Å². The Morgan fingerprint density at radius 2 is 1.97 bits per heavy atom. The molecule has 172 valence electrons. The van der Waals surface area contributed by atoms with Crippen LogP contribution in [-0.4, -0.2) is 68.7 Å². The van der Waals surface area contributed by atoms with Gasteiger partial charge in [-0.1, -0.05) is 30.9 Å². The lowest BCUT2D eigenvalue weighted by Crippen LogP contribution is -2.49. The number of halogens is 1. The number of aliphatic hydroxyl groups is 1. The third kappa shape index (κ3) is 5.30. The first-order valence-electron chi connectivity index (χ1n) is 10.5. The SMILES string of the molecule is C[C@H]1CN([C@@H](C)CO)S(=O)(=O)c2ccc(C#Cc3ccccc3F)cc2O[C@@H]1CN(C)C. The number of ether oxygens (including phenoxy) is 1. The van der Waals surface area contributed by atoms with Crippen LogP contribution in [0.5, 0.6) is 5.75 Å². The summed E-state index contributed by atoms with van der Waals surface area (Å²) in [6, 6.07) is 10.3. The van der Waals surface area contributed by atoms with E-state index in [0.717, 1.165) is 0 Å². The van der Waals surface area contributed by atoms with Crippen LogP contribution in [-0.2, 0) is 10.0 Å². The van der Waals surface area contributed by atoms with Crippen LogP contribution in [0.15, 0.2) is 47.4 Å². The molecule has 2 aromatic rings. The summed E-state index contributed by atoms with van der Waals surface area (Å²) in [4.78, 5) is 2.02. The van der Waals surface area contributed by atoms with Gasteiger partial charge < -0.3 is 14.7 Å². The van der Waals surface area contributed by atoms with Gasteiger partial charge >= 0.3 is 0 Å². The van der Waals surface area contributed by atoms with Gasteiger partial charge in [0.25, 0.3) is 0 Å². The summed E-state index contributed by atoms with van der Waals surface area (Å²) in [5.41, 5.74) is 0.774. The van der Waals surface area contributed by atoms with Gasteiger partial charge in [-0.15, -0.1) is 0 Å². The third-order valence-electron chi connectivity index (χ3n) is 5.43. The Bertz CT molecular complexity index is 1120. The van der Waals surface area contributed by atoms with Gasteiger partial charge in [-0.25, -0.2) is 12.8 Å². The average molecular weight is 461 g/mol. The predicted molar refractivity (Wildman–Crippen MR) is 121 cm³/mol. The molecule has 0 spiro atoms. The molecule has 0 saturated carbocycles. The largest absolute Gasteiger partial charge is 0.487 e. The van der Waals surface area contributed by atoms with E-state index in [9.17, 15) is 17.9 Å². The van der Waals surface area contributed by atoms with Crippen LogP contribution < -0.4 is 4.74 Å². The summed E-state index contributed by atoms with van der Waals surface area (Å²) in [6.07, 6.45) is -0.276. The van der Waals surface area contributed by atoms with Crippen molar-refractivity contribution in [2.75, 3.05) is 33.8 Å². The highest BCUT2D eigenvalue weighted by Gasteiger charge is 2.37. The highest BCUT2D eigenvalue weighted by atomic mass is 32.2. The van der Waals surface area contributed by atoms with Crippen LogP contribution in [0.2, 0.25) is 0 Å². The van der Waals surface area contributed by atoms with E-state index in [0.29, 0.717) is 12.1 Å². The van der Waals surface area contributed by atoms with Crippen molar-refractivity contribution in [3.63, 3.8) is 0 Å². The second kappa shape index (κ2) is 10.0. The van der Waals surface area contributed by atoms with Gasteiger partial charge in [-0.05, 0) is 51.4 Å². The molecule has 0 aliphatic carbocycles. The Hall–Kier alpha value is -2.44. The number of fused-ring (bicyclic) bond motifs is 1. The standard InChI is InChI=1S/C24H29FN2O4S/c1-17-14-27(18(2)16-28)32(29,30)24-12-10-19(9-11-20-7-5-6-8-21(20)25)13-22(24)31-23(17)15-26(3)4/h5-8,10,12-13,17-18,23,28H,14-16H2,1-4H3/t17-,18-,23+/m0/s1. The van der Waals surface area contributed by atoms with Crippen molar-refractivity contribution in [2.24, 2.45) is 5.92 Å². The molecule has 1 aliphatic heterocycles. The van der Waals surface area contributed by atoms with Crippen molar-refractivity contribution in [1.29, 1.82) is 0 Å².